The van der Waals surface area contributed by atoms with Crippen LogP contribution < -0.4 is 10.5 Å². The number of methoxy groups -OCH3 is 1. The predicted molar refractivity (Wildman–Crippen MR) is 64.6 cm³/mol. The Morgan fingerprint density at radius 2 is 1.57 bits per heavy atom. The van der Waals surface area contributed by atoms with E-state index < -0.39 is 0 Å². The molecule has 1 aromatic carbocycles. The van der Waals surface area contributed by atoms with E-state index in [1.165, 1.54) is 0 Å². The first-order valence-electron chi connectivity index (χ1n) is 4.71. The van der Waals surface area contributed by atoms with Crippen molar-refractivity contribution in [2.45, 2.75) is 20.8 Å². The van der Waals surface area contributed by atoms with Crippen molar-refractivity contribution in [2.75, 3.05) is 12.8 Å². The molecule has 0 atom stereocenters. The number of nitrogens with two attached hydrogens (primary N) is 1. The molecule has 80 valence electrons. The Balaban J connectivity index is 0. The van der Waals surface area contributed by atoms with Crippen LogP contribution in [0.4, 0.5) is 5.69 Å². The van der Waals surface area contributed by atoms with Crippen LogP contribution in [0.5, 0.6) is 5.75 Å². The van der Waals surface area contributed by atoms with Gasteiger partial charge in [0.05, 0.1) is 7.11 Å². The average Bonchev–Trinajstić information content (AvgIpc) is 2.23. The lowest BCUT2D eigenvalue weighted by molar-refractivity contribution is 0.415. The molecule has 1 aromatic rings. The molecule has 0 aliphatic carbocycles. The third kappa shape index (κ3) is 8.65. The van der Waals surface area contributed by atoms with Gasteiger partial charge in [-0.2, -0.15) is 0 Å². The van der Waals surface area contributed by atoms with Gasteiger partial charge in [-0.3, -0.25) is 0 Å². The quantitative estimate of drug-likeness (QED) is 0.550. The molecule has 0 unspecified atom stereocenters. The van der Waals surface area contributed by atoms with Crippen molar-refractivity contribution in [3.63, 3.8) is 0 Å². The number of anilines is 1. The number of allylic oxidation sites excluding steroid dienone is 1. The fourth-order valence-corrected chi connectivity index (χ4v) is 0.604. The lowest BCUT2D eigenvalue weighted by atomic mass is 10.3. The lowest BCUT2D eigenvalue weighted by Gasteiger charge is -1.97. The summed E-state index contributed by atoms with van der Waals surface area (Å²) in [4.78, 5) is 0. The minimum atomic E-state index is 0.760. The van der Waals surface area contributed by atoms with Gasteiger partial charge in [-0.05, 0) is 31.2 Å². The minimum Gasteiger partial charge on any atom is -0.497 e. The van der Waals surface area contributed by atoms with Gasteiger partial charge in [-0.1, -0.05) is 19.9 Å². The third-order valence-electron chi connectivity index (χ3n) is 1.12. The van der Waals surface area contributed by atoms with Crippen molar-refractivity contribution in [1.29, 1.82) is 0 Å². The van der Waals surface area contributed by atoms with Gasteiger partial charge in [0.2, 0.25) is 0 Å². The molecule has 0 heterocycles. The summed E-state index contributed by atoms with van der Waals surface area (Å²) in [5.41, 5.74) is 6.19. The van der Waals surface area contributed by atoms with Crippen molar-refractivity contribution in [1.82, 2.24) is 0 Å². The van der Waals surface area contributed by atoms with E-state index >= 15 is 0 Å². The molecule has 0 spiro atoms. The zero-order valence-corrected chi connectivity index (χ0v) is 9.58. The molecule has 0 aromatic heterocycles. The highest BCUT2D eigenvalue weighted by molar-refractivity contribution is 5.41. The Hall–Kier alpha value is -1.44. The first-order valence-corrected chi connectivity index (χ1v) is 4.71. The second-order valence-electron chi connectivity index (χ2n) is 2.18. The fourth-order valence-electron chi connectivity index (χ4n) is 0.604. The van der Waals surface area contributed by atoms with E-state index in [9.17, 15) is 0 Å². The summed E-state index contributed by atoms with van der Waals surface area (Å²) in [7, 11) is 1.63. The molecule has 2 heteroatoms. The standard InChI is InChI=1S/C7H9NO.C3H6.C2H6/c1-9-7-4-2-6(8)3-5-7;1-3-2;1-2/h2-5H,8H2,1H3;3H,1H2,2H3;1-2H3. The van der Waals surface area contributed by atoms with Crippen molar-refractivity contribution in [3.05, 3.63) is 36.9 Å². The second kappa shape index (κ2) is 11.6. The Morgan fingerprint density at radius 1 is 1.21 bits per heavy atom. The lowest BCUT2D eigenvalue weighted by Crippen LogP contribution is -1.84. The zero-order valence-electron chi connectivity index (χ0n) is 9.58. The van der Waals surface area contributed by atoms with Crippen LogP contribution in [0.1, 0.15) is 20.8 Å². The van der Waals surface area contributed by atoms with Crippen LogP contribution >= 0.6 is 0 Å². The monoisotopic (exact) mass is 195 g/mol. The van der Waals surface area contributed by atoms with Crippen LogP contribution in [0, 0.1) is 0 Å². The number of nitrogen functional groups attached to an aromatic ring is 1. The molecule has 0 fully saturated rings. The highest BCUT2D eigenvalue weighted by Crippen LogP contribution is 2.11. The first-order chi connectivity index (χ1) is 6.74. The van der Waals surface area contributed by atoms with Gasteiger partial charge in [-0.15, -0.1) is 6.58 Å². The topological polar surface area (TPSA) is 35.2 Å². The third-order valence-corrected chi connectivity index (χ3v) is 1.12. The minimum absolute atomic E-state index is 0.760. The van der Waals surface area contributed by atoms with Gasteiger partial charge in [0.25, 0.3) is 0 Å². The Bertz CT molecular complexity index is 216. The summed E-state index contributed by atoms with van der Waals surface area (Å²) in [6, 6.07) is 7.27. The van der Waals surface area contributed by atoms with Crippen molar-refractivity contribution < 1.29 is 4.74 Å². The van der Waals surface area contributed by atoms with E-state index in [1.807, 2.05) is 32.9 Å². The van der Waals surface area contributed by atoms with Crippen molar-refractivity contribution in [3.8, 4) is 5.75 Å². The number of hydrogen-bond acceptors (Lipinski definition) is 2. The SMILES string of the molecule is C=CC.CC.COc1ccc(N)cc1. The molecule has 0 saturated heterocycles. The number of rotatable bonds is 1. The Labute approximate surface area is 87.4 Å². The van der Waals surface area contributed by atoms with Crippen LogP contribution in [0.2, 0.25) is 0 Å². The number of hydrogen-bond donors (Lipinski definition) is 1. The molecule has 0 aliphatic heterocycles. The highest BCUT2D eigenvalue weighted by Gasteiger charge is 1.86. The summed E-state index contributed by atoms with van der Waals surface area (Å²) in [5, 5.41) is 0. The van der Waals surface area contributed by atoms with Crippen LogP contribution in [-0.4, -0.2) is 7.11 Å². The predicted octanol–water partition coefficient (Wildman–Crippen LogP) is 3.50. The molecule has 0 radical (unpaired) electrons. The molecule has 14 heavy (non-hydrogen) atoms. The van der Waals surface area contributed by atoms with Crippen LogP contribution in [0.15, 0.2) is 36.9 Å². The van der Waals surface area contributed by atoms with Gasteiger partial charge in [0.1, 0.15) is 5.75 Å². The van der Waals surface area contributed by atoms with Crippen molar-refractivity contribution >= 4 is 5.69 Å². The molecule has 2 nitrogen and oxygen atoms in total. The van der Waals surface area contributed by atoms with E-state index in [1.54, 1.807) is 25.3 Å². The Morgan fingerprint density at radius 3 is 1.86 bits per heavy atom. The van der Waals surface area contributed by atoms with Crippen LogP contribution in [-0.2, 0) is 0 Å². The molecular formula is C12H21NO. The van der Waals surface area contributed by atoms with E-state index in [0.717, 1.165) is 11.4 Å². The fraction of sp³-hybridized carbons (Fsp3) is 0.333. The molecule has 0 amide bonds. The van der Waals surface area contributed by atoms with Crippen LogP contribution in [0.3, 0.4) is 0 Å². The maximum Gasteiger partial charge on any atom is 0.119 e. The smallest absolute Gasteiger partial charge is 0.119 e. The highest BCUT2D eigenvalue weighted by atomic mass is 16.5. The normalized spacial score (nSPS) is 7.14. The van der Waals surface area contributed by atoms with Gasteiger partial charge >= 0.3 is 0 Å². The van der Waals surface area contributed by atoms with E-state index in [4.69, 9.17) is 10.5 Å². The van der Waals surface area contributed by atoms with Gasteiger partial charge < -0.3 is 10.5 Å². The molecule has 0 bridgehead atoms. The number of benzene rings is 1. The summed E-state index contributed by atoms with van der Waals surface area (Å²) >= 11 is 0. The first kappa shape index (κ1) is 15.1. The van der Waals surface area contributed by atoms with E-state index in [-0.39, 0.29) is 0 Å². The van der Waals surface area contributed by atoms with E-state index in [2.05, 4.69) is 6.58 Å². The molecule has 2 N–H and O–H groups in total. The molecule has 0 aliphatic rings. The maximum absolute atomic E-state index is 5.43. The summed E-state index contributed by atoms with van der Waals surface area (Å²) in [5.74, 6) is 0.837. The van der Waals surface area contributed by atoms with Crippen molar-refractivity contribution in [2.24, 2.45) is 0 Å². The summed E-state index contributed by atoms with van der Waals surface area (Å²) in [6.45, 7) is 9.25. The summed E-state index contributed by atoms with van der Waals surface area (Å²) in [6.07, 6.45) is 1.75. The maximum atomic E-state index is 5.43. The molecule has 0 saturated carbocycles. The van der Waals surface area contributed by atoms with Gasteiger partial charge in [-0.25, -0.2) is 0 Å². The summed E-state index contributed by atoms with van der Waals surface area (Å²) < 4.78 is 4.91. The van der Waals surface area contributed by atoms with Gasteiger partial charge in [0.15, 0.2) is 0 Å². The Kier molecular flexibility index (Phi) is 12.4. The number of ether oxygens (including phenoxy) is 1. The van der Waals surface area contributed by atoms with E-state index in [0.29, 0.717) is 0 Å². The average molecular weight is 195 g/mol. The second-order valence-corrected chi connectivity index (χ2v) is 2.18. The van der Waals surface area contributed by atoms with Crippen LogP contribution in [0.25, 0.3) is 0 Å². The molecule has 1 rings (SSSR count). The largest absolute Gasteiger partial charge is 0.497 e. The zero-order chi connectivity index (χ0) is 11.4. The van der Waals surface area contributed by atoms with Gasteiger partial charge in [0, 0.05) is 5.69 Å². The molecular weight excluding hydrogens is 174 g/mol.